The summed E-state index contributed by atoms with van der Waals surface area (Å²) in [5.74, 6) is 1.39. The van der Waals surface area contributed by atoms with Gasteiger partial charge in [-0.3, -0.25) is 9.89 Å². The maximum absolute atomic E-state index is 4.78. The van der Waals surface area contributed by atoms with Crippen molar-refractivity contribution in [3.05, 3.63) is 15.6 Å². The van der Waals surface area contributed by atoms with Crippen LogP contribution in [0.25, 0.3) is 0 Å². The molecule has 0 aromatic carbocycles. The van der Waals surface area contributed by atoms with Crippen molar-refractivity contribution in [2.24, 2.45) is 4.99 Å². The second-order valence-corrected chi connectivity index (χ2v) is 8.98. The summed E-state index contributed by atoms with van der Waals surface area (Å²) in [4.78, 5) is 13.2. The van der Waals surface area contributed by atoms with Crippen molar-refractivity contribution in [2.45, 2.75) is 77.4 Å². The average Bonchev–Trinajstić information content (AvgIpc) is 3.31. The van der Waals surface area contributed by atoms with Crippen LogP contribution < -0.4 is 10.6 Å². The highest BCUT2D eigenvalue weighted by Gasteiger charge is 2.30. The number of hydrogen-bond acceptors (Lipinski definition) is 4. The molecular weight excluding hydrogens is 457 g/mol. The average molecular weight is 491 g/mol. The first-order chi connectivity index (χ1) is 12.1. The molecule has 0 amide bonds. The van der Waals surface area contributed by atoms with Crippen molar-refractivity contribution < 1.29 is 0 Å². The molecule has 7 heteroatoms. The van der Waals surface area contributed by atoms with Gasteiger partial charge in [-0.1, -0.05) is 26.7 Å². The summed E-state index contributed by atoms with van der Waals surface area (Å²) >= 11 is 1.79. The zero-order valence-corrected chi connectivity index (χ0v) is 19.7. The number of aryl methyl sites for hydroxylation is 1. The van der Waals surface area contributed by atoms with Gasteiger partial charge in [0, 0.05) is 37.1 Å². The Kier molecular flexibility index (Phi) is 8.60. The number of thiazole rings is 1. The van der Waals surface area contributed by atoms with Crippen LogP contribution in [0.4, 0.5) is 0 Å². The van der Waals surface area contributed by atoms with Gasteiger partial charge in [0.1, 0.15) is 5.01 Å². The standard InChI is InChI=1S/C19H33N5S.HI/c1-13(2)18-14(3)25-17(23-18)11-21-19(20-4)22-15-9-10-24(12-15)16-7-5-6-8-16;/h13,15-16H,5-12H2,1-4H3,(H2,20,21,22);1H. The number of aliphatic imine (C=N–C) groups is 1. The van der Waals surface area contributed by atoms with Crippen LogP contribution in [0.15, 0.2) is 4.99 Å². The molecule has 1 aromatic heterocycles. The van der Waals surface area contributed by atoms with E-state index in [1.165, 1.54) is 49.2 Å². The predicted octanol–water partition coefficient (Wildman–Crippen LogP) is 3.87. The monoisotopic (exact) mass is 491 g/mol. The van der Waals surface area contributed by atoms with Crippen LogP contribution in [-0.4, -0.2) is 48.1 Å². The normalized spacial score (nSPS) is 22.0. The minimum Gasteiger partial charge on any atom is -0.352 e. The lowest BCUT2D eigenvalue weighted by atomic mass is 10.1. The summed E-state index contributed by atoms with van der Waals surface area (Å²) in [7, 11) is 1.85. The van der Waals surface area contributed by atoms with Gasteiger partial charge in [-0.25, -0.2) is 4.98 Å². The molecule has 2 heterocycles. The maximum atomic E-state index is 4.78. The van der Waals surface area contributed by atoms with Crippen molar-refractivity contribution in [1.82, 2.24) is 20.5 Å². The van der Waals surface area contributed by atoms with E-state index >= 15 is 0 Å². The van der Waals surface area contributed by atoms with E-state index < -0.39 is 0 Å². The number of halogens is 1. The zero-order chi connectivity index (χ0) is 17.8. The molecule has 2 N–H and O–H groups in total. The van der Waals surface area contributed by atoms with Crippen LogP contribution in [-0.2, 0) is 6.54 Å². The van der Waals surface area contributed by atoms with Crippen molar-refractivity contribution in [1.29, 1.82) is 0 Å². The first-order valence-corrected chi connectivity index (χ1v) is 10.6. The topological polar surface area (TPSA) is 52.6 Å². The third-order valence-corrected chi connectivity index (χ3v) is 6.44. The molecule has 5 nitrogen and oxygen atoms in total. The molecule has 3 rings (SSSR count). The van der Waals surface area contributed by atoms with Gasteiger partial charge >= 0.3 is 0 Å². The molecule has 148 valence electrons. The summed E-state index contributed by atoms with van der Waals surface area (Å²) in [5, 5.41) is 8.19. The van der Waals surface area contributed by atoms with Gasteiger partial charge in [-0.05, 0) is 32.1 Å². The molecule has 1 aliphatic carbocycles. The van der Waals surface area contributed by atoms with Gasteiger partial charge in [0.15, 0.2) is 5.96 Å². The van der Waals surface area contributed by atoms with Gasteiger partial charge < -0.3 is 10.6 Å². The Bertz CT molecular complexity index is 595. The van der Waals surface area contributed by atoms with E-state index in [4.69, 9.17) is 4.98 Å². The Morgan fingerprint density at radius 3 is 2.65 bits per heavy atom. The lowest BCUT2D eigenvalue weighted by Crippen LogP contribution is -2.45. The third-order valence-electron chi connectivity index (χ3n) is 5.46. The van der Waals surface area contributed by atoms with Crippen molar-refractivity contribution >= 4 is 41.3 Å². The van der Waals surface area contributed by atoms with Crippen LogP contribution in [0.3, 0.4) is 0 Å². The molecule has 2 fully saturated rings. The van der Waals surface area contributed by atoms with Gasteiger partial charge in [0.25, 0.3) is 0 Å². The predicted molar refractivity (Wildman–Crippen MR) is 122 cm³/mol. The highest BCUT2D eigenvalue weighted by Crippen LogP contribution is 2.26. The molecule has 1 unspecified atom stereocenters. The minimum atomic E-state index is 0. The fourth-order valence-electron chi connectivity index (χ4n) is 4.13. The first kappa shape index (κ1) is 21.9. The number of nitrogens with one attached hydrogen (secondary N) is 2. The molecule has 0 bridgehead atoms. The number of guanidine groups is 1. The molecule has 0 spiro atoms. The molecule has 1 saturated carbocycles. The molecule has 1 atom stereocenters. The number of nitrogens with zero attached hydrogens (tertiary/aromatic N) is 3. The van der Waals surface area contributed by atoms with Crippen LogP contribution in [0.2, 0.25) is 0 Å². The van der Waals surface area contributed by atoms with E-state index in [1.54, 1.807) is 11.3 Å². The van der Waals surface area contributed by atoms with E-state index in [0.29, 0.717) is 12.0 Å². The maximum Gasteiger partial charge on any atom is 0.191 e. The van der Waals surface area contributed by atoms with Crippen molar-refractivity contribution in [2.75, 3.05) is 20.1 Å². The molecule has 1 aromatic rings. The lowest BCUT2D eigenvalue weighted by molar-refractivity contribution is 0.242. The summed E-state index contributed by atoms with van der Waals surface area (Å²) in [6, 6.07) is 1.34. The van der Waals surface area contributed by atoms with Gasteiger partial charge in [-0.15, -0.1) is 35.3 Å². The summed E-state index contributed by atoms with van der Waals surface area (Å²) in [5.41, 5.74) is 1.23. The fourth-order valence-corrected chi connectivity index (χ4v) is 5.16. The van der Waals surface area contributed by atoms with E-state index in [0.717, 1.165) is 30.1 Å². The molecule has 2 aliphatic rings. The fraction of sp³-hybridized carbons (Fsp3) is 0.789. The Balaban J connectivity index is 0.00000243. The number of aromatic nitrogens is 1. The summed E-state index contributed by atoms with van der Waals surface area (Å²) in [6.07, 6.45) is 6.82. The van der Waals surface area contributed by atoms with Gasteiger partial charge in [0.05, 0.1) is 12.2 Å². The highest BCUT2D eigenvalue weighted by molar-refractivity contribution is 14.0. The summed E-state index contributed by atoms with van der Waals surface area (Å²) in [6.45, 7) is 9.70. The van der Waals surface area contributed by atoms with Crippen LogP contribution >= 0.6 is 35.3 Å². The second kappa shape index (κ2) is 10.2. The second-order valence-electron chi connectivity index (χ2n) is 7.69. The van der Waals surface area contributed by atoms with E-state index in [2.05, 4.69) is 41.3 Å². The molecule has 1 saturated heterocycles. The van der Waals surface area contributed by atoms with Crippen LogP contribution in [0.5, 0.6) is 0 Å². The van der Waals surface area contributed by atoms with Crippen LogP contribution in [0.1, 0.15) is 67.4 Å². The molecule has 0 radical (unpaired) electrons. The lowest BCUT2D eigenvalue weighted by Gasteiger charge is -2.24. The summed E-state index contributed by atoms with van der Waals surface area (Å²) < 4.78 is 0. The van der Waals surface area contributed by atoms with E-state index in [1.807, 2.05) is 7.05 Å². The number of likely N-dealkylation sites (tertiary alicyclic amines) is 1. The van der Waals surface area contributed by atoms with Crippen LogP contribution in [0, 0.1) is 6.92 Å². The Morgan fingerprint density at radius 1 is 1.31 bits per heavy atom. The largest absolute Gasteiger partial charge is 0.352 e. The van der Waals surface area contributed by atoms with Crippen molar-refractivity contribution in [3.63, 3.8) is 0 Å². The SMILES string of the molecule is CN=C(NCc1nc(C(C)C)c(C)s1)NC1CCN(C2CCCC2)C1.I. The Labute approximate surface area is 179 Å². The quantitative estimate of drug-likeness (QED) is 0.373. The zero-order valence-electron chi connectivity index (χ0n) is 16.5. The Hall–Kier alpha value is -0.410. The Morgan fingerprint density at radius 2 is 2.04 bits per heavy atom. The van der Waals surface area contributed by atoms with E-state index in [9.17, 15) is 0 Å². The molecule has 1 aliphatic heterocycles. The highest BCUT2D eigenvalue weighted by atomic mass is 127. The van der Waals surface area contributed by atoms with Gasteiger partial charge in [0.2, 0.25) is 0 Å². The smallest absolute Gasteiger partial charge is 0.191 e. The molecule has 26 heavy (non-hydrogen) atoms. The first-order valence-electron chi connectivity index (χ1n) is 9.74. The van der Waals surface area contributed by atoms with Gasteiger partial charge in [-0.2, -0.15) is 0 Å². The van der Waals surface area contributed by atoms with E-state index in [-0.39, 0.29) is 24.0 Å². The molecular formula is C19H34IN5S. The van der Waals surface area contributed by atoms with Crippen molar-refractivity contribution in [3.8, 4) is 0 Å². The minimum absolute atomic E-state index is 0. The number of rotatable bonds is 5. The third kappa shape index (κ3) is 5.55. The number of hydrogen-bond donors (Lipinski definition) is 2.